The van der Waals surface area contributed by atoms with Gasteiger partial charge in [0, 0.05) is 6.04 Å². The van der Waals surface area contributed by atoms with Gasteiger partial charge in [-0.2, -0.15) is 0 Å². The quantitative estimate of drug-likeness (QED) is 0.661. The Morgan fingerprint density at radius 2 is 1.63 bits per heavy atom. The molecule has 3 N–H and O–H groups in total. The van der Waals surface area contributed by atoms with E-state index >= 15 is 0 Å². The number of rotatable bonds is 6. The van der Waals surface area contributed by atoms with Gasteiger partial charge in [0.25, 0.3) is 0 Å². The molecule has 0 radical (unpaired) electrons. The average Bonchev–Trinajstić information content (AvgIpc) is 2.79. The lowest BCUT2D eigenvalue weighted by atomic mass is 10.0. The highest BCUT2D eigenvalue weighted by molar-refractivity contribution is 5.84. The zero-order chi connectivity index (χ0) is 14.4. The van der Waals surface area contributed by atoms with Crippen molar-refractivity contribution in [2.24, 2.45) is 5.92 Å². The molecule has 0 bridgehead atoms. The molecule has 1 aliphatic rings. The van der Waals surface area contributed by atoms with E-state index in [1.54, 1.807) is 0 Å². The molecule has 7 heteroatoms. The van der Waals surface area contributed by atoms with Gasteiger partial charge in [0.15, 0.2) is 0 Å². The summed E-state index contributed by atoms with van der Waals surface area (Å²) in [6.07, 6.45) is 4.36. The van der Waals surface area contributed by atoms with Crippen molar-refractivity contribution in [3.8, 4) is 0 Å². The summed E-state index contributed by atoms with van der Waals surface area (Å²) in [5.41, 5.74) is 0. The van der Waals surface area contributed by atoms with Gasteiger partial charge in [-0.1, -0.05) is 12.8 Å². The summed E-state index contributed by atoms with van der Waals surface area (Å²) in [4.78, 5) is 33.9. The van der Waals surface area contributed by atoms with E-state index in [0.717, 1.165) is 30.6 Å². The first-order valence-electron chi connectivity index (χ1n) is 6.39. The summed E-state index contributed by atoms with van der Waals surface area (Å²) < 4.78 is 0. The number of hydrogen-bond acceptors (Lipinski definition) is 3. The normalized spacial score (nSPS) is 16.9. The molecule has 0 spiro atoms. The zero-order valence-corrected chi connectivity index (χ0v) is 11.0. The van der Waals surface area contributed by atoms with Gasteiger partial charge in [-0.25, -0.2) is 4.79 Å². The van der Waals surface area contributed by atoms with Gasteiger partial charge in [-0.15, -0.1) is 0 Å². The predicted octanol–water partition coefficient (Wildman–Crippen LogP) is 0.746. The van der Waals surface area contributed by atoms with Gasteiger partial charge in [0.1, 0.15) is 13.1 Å². The van der Waals surface area contributed by atoms with E-state index in [2.05, 4.69) is 5.32 Å². The van der Waals surface area contributed by atoms with Crippen molar-refractivity contribution < 1.29 is 24.6 Å². The second kappa shape index (κ2) is 6.96. The molecule has 1 atom stereocenters. The molecule has 0 saturated heterocycles. The lowest BCUT2D eigenvalue weighted by Crippen LogP contribution is -2.49. The maximum atomic E-state index is 11.9. The Balaban J connectivity index is 2.54. The predicted molar refractivity (Wildman–Crippen MR) is 66.8 cm³/mol. The third-order valence-electron chi connectivity index (χ3n) is 3.40. The first-order chi connectivity index (χ1) is 8.90. The summed E-state index contributed by atoms with van der Waals surface area (Å²) in [6, 6.07) is -0.704. The van der Waals surface area contributed by atoms with Crippen LogP contribution in [0.2, 0.25) is 0 Å². The molecule has 2 amide bonds. The molecule has 0 aromatic carbocycles. The third kappa shape index (κ3) is 5.15. The Hall–Kier alpha value is -1.79. The Bertz CT molecular complexity index is 336. The van der Waals surface area contributed by atoms with E-state index in [0.29, 0.717) is 5.92 Å². The SMILES string of the molecule is CC(NC(=O)N(CC(=O)O)CC(=O)O)C1CCCC1. The summed E-state index contributed by atoms with van der Waals surface area (Å²) in [7, 11) is 0. The van der Waals surface area contributed by atoms with Crippen molar-refractivity contribution in [3.05, 3.63) is 0 Å². The van der Waals surface area contributed by atoms with E-state index in [1.165, 1.54) is 0 Å². The maximum Gasteiger partial charge on any atom is 0.323 e. The largest absolute Gasteiger partial charge is 0.480 e. The average molecular weight is 272 g/mol. The molecule has 0 aromatic rings. The molecule has 1 fully saturated rings. The van der Waals surface area contributed by atoms with Crippen LogP contribution in [0.3, 0.4) is 0 Å². The number of amides is 2. The number of hydrogen-bond donors (Lipinski definition) is 3. The first-order valence-corrected chi connectivity index (χ1v) is 6.39. The smallest absolute Gasteiger partial charge is 0.323 e. The van der Waals surface area contributed by atoms with Crippen LogP contribution in [-0.2, 0) is 9.59 Å². The minimum Gasteiger partial charge on any atom is -0.480 e. The highest BCUT2D eigenvalue weighted by atomic mass is 16.4. The van der Waals surface area contributed by atoms with E-state index in [-0.39, 0.29) is 6.04 Å². The summed E-state index contributed by atoms with van der Waals surface area (Å²) in [5, 5.41) is 20.0. The molecule has 1 unspecified atom stereocenters. The number of carboxylic acid groups (broad SMARTS) is 2. The first kappa shape index (κ1) is 15.3. The van der Waals surface area contributed by atoms with Crippen molar-refractivity contribution in [3.63, 3.8) is 0 Å². The van der Waals surface area contributed by atoms with Crippen LogP contribution < -0.4 is 5.32 Å². The van der Waals surface area contributed by atoms with Crippen LogP contribution in [0.5, 0.6) is 0 Å². The van der Waals surface area contributed by atoms with Crippen molar-refractivity contribution in [2.75, 3.05) is 13.1 Å². The molecule has 0 aromatic heterocycles. The van der Waals surface area contributed by atoms with Crippen LogP contribution in [0.4, 0.5) is 4.79 Å². The van der Waals surface area contributed by atoms with Gasteiger partial charge < -0.3 is 20.4 Å². The fourth-order valence-corrected chi connectivity index (χ4v) is 2.39. The molecular formula is C12H20N2O5. The van der Waals surface area contributed by atoms with E-state index in [4.69, 9.17) is 10.2 Å². The van der Waals surface area contributed by atoms with Crippen LogP contribution >= 0.6 is 0 Å². The van der Waals surface area contributed by atoms with E-state index in [1.807, 2.05) is 6.92 Å². The molecular weight excluding hydrogens is 252 g/mol. The molecule has 1 saturated carbocycles. The van der Waals surface area contributed by atoms with E-state index < -0.39 is 31.1 Å². The fraction of sp³-hybridized carbons (Fsp3) is 0.750. The van der Waals surface area contributed by atoms with Gasteiger partial charge in [-0.05, 0) is 25.7 Å². The van der Waals surface area contributed by atoms with Crippen LogP contribution in [0, 0.1) is 5.92 Å². The Morgan fingerprint density at radius 3 is 2.05 bits per heavy atom. The minimum atomic E-state index is -1.23. The van der Waals surface area contributed by atoms with Crippen molar-refractivity contribution >= 4 is 18.0 Å². The monoisotopic (exact) mass is 272 g/mol. The lowest BCUT2D eigenvalue weighted by Gasteiger charge is -2.25. The van der Waals surface area contributed by atoms with Gasteiger partial charge >= 0.3 is 18.0 Å². The van der Waals surface area contributed by atoms with Crippen LogP contribution in [0.1, 0.15) is 32.6 Å². The minimum absolute atomic E-state index is 0.0694. The maximum absolute atomic E-state index is 11.9. The van der Waals surface area contributed by atoms with Crippen LogP contribution in [-0.4, -0.2) is 52.2 Å². The number of nitrogens with zero attached hydrogens (tertiary/aromatic N) is 1. The zero-order valence-electron chi connectivity index (χ0n) is 11.0. The number of carbonyl (C=O) groups is 3. The summed E-state index contributed by atoms with van der Waals surface area (Å²) in [5.74, 6) is -2.07. The summed E-state index contributed by atoms with van der Waals surface area (Å²) in [6.45, 7) is 0.638. The molecule has 1 aliphatic carbocycles. The van der Waals surface area contributed by atoms with E-state index in [9.17, 15) is 14.4 Å². The molecule has 0 aliphatic heterocycles. The van der Waals surface area contributed by atoms with Crippen LogP contribution in [0.25, 0.3) is 0 Å². The van der Waals surface area contributed by atoms with Crippen LogP contribution in [0.15, 0.2) is 0 Å². The second-order valence-corrected chi connectivity index (χ2v) is 4.93. The number of urea groups is 1. The highest BCUT2D eigenvalue weighted by Gasteiger charge is 2.26. The van der Waals surface area contributed by atoms with Gasteiger partial charge in [-0.3, -0.25) is 9.59 Å². The van der Waals surface area contributed by atoms with Gasteiger partial charge in [0.2, 0.25) is 0 Å². The Kier molecular flexibility index (Phi) is 5.59. The number of nitrogens with one attached hydrogen (secondary N) is 1. The molecule has 1 rings (SSSR count). The standard InChI is InChI=1S/C12H20N2O5/c1-8(9-4-2-3-5-9)13-12(19)14(6-10(15)16)7-11(17)18/h8-9H,2-7H2,1H3,(H,13,19)(H,15,16)(H,17,18). The van der Waals surface area contributed by atoms with Crippen molar-refractivity contribution in [1.82, 2.24) is 10.2 Å². The molecule has 7 nitrogen and oxygen atoms in total. The lowest BCUT2D eigenvalue weighted by molar-refractivity contribution is -0.140. The third-order valence-corrected chi connectivity index (χ3v) is 3.40. The molecule has 0 heterocycles. The molecule has 19 heavy (non-hydrogen) atoms. The topological polar surface area (TPSA) is 107 Å². The Labute approximate surface area is 111 Å². The number of carboxylic acids is 2. The van der Waals surface area contributed by atoms with Crippen molar-refractivity contribution in [2.45, 2.75) is 38.6 Å². The molecule has 108 valence electrons. The number of carbonyl (C=O) groups excluding carboxylic acids is 1. The van der Waals surface area contributed by atoms with Crippen molar-refractivity contribution in [1.29, 1.82) is 0 Å². The highest BCUT2D eigenvalue weighted by Crippen LogP contribution is 2.27. The van der Waals surface area contributed by atoms with Gasteiger partial charge in [0.05, 0.1) is 0 Å². The number of aliphatic carboxylic acids is 2. The fourth-order valence-electron chi connectivity index (χ4n) is 2.39. The Morgan fingerprint density at radius 1 is 1.16 bits per heavy atom. The summed E-state index contributed by atoms with van der Waals surface area (Å²) >= 11 is 0. The second-order valence-electron chi connectivity index (χ2n) is 4.93.